The Balaban J connectivity index is 2.28. The molecular weight excluding hydrogens is 186 g/mol. The molecule has 0 aliphatic rings. The van der Waals surface area contributed by atoms with Gasteiger partial charge >= 0.3 is 0 Å². The van der Waals surface area contributed by atoms with E-state index < -0.39 is 0 Å². The second kappa shape index (κ2) is 4.05. The smallest absolute Gasteiger partial charge is 0.138 e. The molecule has 2 aromatic heterocycles. The standard InChI is InChI=1S/C12H13N3/c1-3-5-10(2)14-12-7-4-6-11-13-8-9-15(11)12/h1,4,6-10,14H,5H2,2H3. The van der Waals surface area contributed by atoms with E-state index in [1.165, 1.54) is 0 Å². The van der Waals surface area contributed by atoms with E-state index in [-0.39, 0.29) is 6.04 Å². The van der Waals surface area contributed by atoms with Gasteiger partial charge in [-0.25, -0.2) is 4.98 Å². The van der Waals surface area contributed by atoms with E-state index in [1.807, 2.05) is 28.8 Å². The first kappa shape index (κ1) is 9.60. The van der Waals surface area contributed by atoms with Gasteiger partial charge in [-0.1, -0.05) is 6.07 Å². The monoisotopic (exact) mass is 199 g/mol. The van der Waals surface area contributed by atoms with Crippen LogP contribution < -0.4 is 5.32 Å². The Morgan fingerprint density at radius 3 is 3.27 bits per heavy atom. The largest absolute Gasteiger partial charge is 0.368 e. The summed E-state index contributed by atoms with van der Waals surface area (Å²) in [5, 5.41) is 3.35. The Labute approximate surface area is 89.1 Å². The van der Waals surface area contributed by atoms with Gasteiger partial charge < -0.3 is 5.32 Å². The molecule has 0 amide bonds. The summed E-state index contributed by atoms with van der Waals surface area (Å²) in [6, 6.07) is 6.23. The number of imidazole rings is 1. The summed E-state index contributed by atoms with van der Waals surface area (Å²) in [5.41, 5.74) is 0.938. The minimum absolute atomic E-state index is 0.267. The van der Waals surface area contributed by atoms with Gasteiger partial charge in [0.2, 0.25) is 0 Å². The van der Waals surface area contributed by atoms with Crippen molar-refractivity contribution in [1.82, 2.24) is 9.38 Å². The van der Waals surface area contributed by atoms with Crippen LogP contribution >= 0.6 is 0 Å². The third kappa shape index (κ3) is 1.94. The molecule has 0 aliphatic heterocycles. The maximum absolute atomic E-state index is 5.27. The molecule has 0 aromatic carbocycles. The highest BCUT2D eigenvalue weighted by atomic mass is 15.1. The van der Waals surface area contributed by atoms with Crippen molar-refractivity contribution in [1.29, 1.82) is 0 Å². The molecule has 0 spiro atoms. The lowest BCUT2D eigenvalue weighted by molar-refractivity contribution is 0.818. The molecule has 15 heavy (non-hydrogen) atoms. The molecule has 2 rings (SSSR count). The summed E-state index contributed by atoms with van der Waals surface area (Å²) in [5.74, 6) is 3.66. The van der Waals surface area contributed by atoms with Crippen molar-refractivity contribution in [3.63, 3.8) is 0 Å². The van der Waals surface area contributed by atoms with E-state index in [4.69, 9.17) is 6.42 Å². The van der Waals surface area contributed by atoms with Crippen LogP contribution in [0, 0.1) is 12.3 Å². The molecule has 1 N–H and O–H groups in total. The van der Waals surface area contributed by atoms with Crippen molar-refractivity contribution in [3.8, 4) is 12.3 Å². The van der Waals surface area contributed by atoms with Crippen LogP contribution in [-0.4, -0.2) is 15.4 Å². The molecule has 0 saturated carbocycles. The van der Waals surface area contributed by atoms with Gasteiger partial charge in [-0.05, 0) is 19.1 Å². The summed E-state index contributed by atoms with van der Waals surface area (Å²) in [7, 11) is 0. The van der Waals surface area contributed by atoms with Crippen LogP contribution in [0.2, 0.25) is 0 Å². The number of nitrogens with one attached hydrogen (secondary N) is 1. The average molecular weight is 199 g/mol. The first-order valence-corrected chi connectivity index (χ1v) is 4.93. The van der Waals surface area contributed by atoms with Crippen LogP contribution in [0.15, 0.2) is 30.6 Å². The first-order chi connectivity index (χ1) is 7.31. The minimum Gasteiger partial charge on any atom is -0.368 e. The van der Waals surface area contributed by atoms with Gasteiger partial charge in [0.1, 0.15) is 11.5 Å². The SMILES string of the molecule is C#CCC(C)Nc1cccc2nccn12. The van der Waals surface area contributed by atoms with Crippen molar-refractivity contribution in [2.75, 3.05) is 5.32 Å². The summed E-state index contributed by atoms with van der Waals surface area (Å²) in [4.78, 5) is 4.22. The van der Waals surface area contributed by atoms with Gasteiger partial charge in [-0.15, -0.1) is 12.3 Å². The predicted molar refractivity (Wildman–Crippen MR) is 61.7 cm³/mol. The Kier molecular flexibility index (Phi) is 2.59. The number of aromatic nitrogens is 2. The number of rotatable bonds is 3. The fourth-order valence-corrected chi connectivity index (χ4v) is 1.55. The fourth-order valence-electron chi connectivity index (χ4n) is 1.55. The summed E-state index contributed by atoms with van der Waals surface area (Å²) in [6.45, 7) is 2.07. The summed E-state index contributed by atoms with van der Waals surface area (Å²) in [6.07, 6.45) is 9.69. The van der Waals surface area contributed by atoms with Gasteiger partial charge in [0.05, 0.1) is 0 Å². The maximum atomic E-state index is 5.27. The minimum atomic E-state index is 0.267. The number of nitrogens with zero attached hydrogens (tertiary/aromatic N) is 2. The fraction of sp³-hybridized carbons (Fsp3) is 0.250. The molecule has 0 aliphatic carbocycles. The molecule has 76 valence electrons. The van der Waals surface area contributed by atoms with E-state index >= 15 is 0 Å². The molecule has 0 fully saturated rings. The average Bonchev–Trinajstić information content (AvgIpc) is 2.67. The molecule has 1 atom stereocenters. The van der Waals surface area contributed by atoms with Gasteiger partial charge in [-0.2, -0.15) is 0 Å². The zero-order valence-electron chi connectivity index (χ0n) is 8.64. The Morgan fingerprint density at radius 2 is 2.47 bits per heavy atom. The zero-order valence-corrected chi connectivity index (χ0v) is 8.64. The van der Waals surface area contributed by atoms with Gasteiger partial charge in [0.15, 0.2) is 0 Å². The van der Waals surface area contributed by atoms with E-state index in [0.717, 1.165) is 11.5 Å². The number of hydrogen-bond acceptors (Lipinski definition) is 2. The maximum Gasteiger partial charge on any atom is 0.138 e. The van der Waals surface area contributed by atoms with Crippen molar-refractivity contribution in [3.05, 3.63) is 30.6 Å². The molecule has 1 unspecified atom stereocenters. The van der Waals surface area contributed by atoms with Crippen molar-refractivity contribution in [2.45, 2.75) is 19.4 Å². The Morgan fingerprint density at radius 1 is 1.60 bits per heavy atom. The normalized spacial score (nSPS) is 12.3. The molecule has 2 aromatic rings. The van der Waals surface area contributed by atoms with Gasteiger partial charge in [-0.3, -0.25) is 4.40 Å². The molecule has 0 bridgehead atoms. The summed E-state index contributed by atoms with van der Waals surface area (Å²) >= 11 is 0. The quantitative estimate of drug-likeness (QED) is 0.767. The second-order valence-electron chi connectivity index (χ2n) is 3.52. The van der Waals surface area contributed by atoms with E-state index in [9.17, 15) is 0 Å². The molecule has 0 radical (unpaired) electrons. The third-order valence-corrected chi connectivity index (χ3v) is 2.25. The van der Waals surface area contributed by atoms with Gasteiger partial charge in [0.25, 0.3) is 0 Å². The highest BCUT2D eigenvalue weighted by molar-refractivity contribution is 5.50. The van der Waals surface area contributed by atoms with Crippen LogP contribution in [-0.2, 0) is 0 Å². The van der Waals surface area contributed by atoms with Crippen LogP contribution in [0.4, 0.5) is 5.82 Å². The van der Waals surface area contributed by atoms with Crippen LogP contribution in [0.1, 0.15) is 13.3 Å². The number of pyridine rings is 1. The van der Waals surface area contributed by atoms with Gasteiger partial charge in [0, 0.05) is 24.9 Å². The lowest BCUT2D eigenvalue weighted by atomic mass is 10.2. The second-order valence-corrected chi connectivity index (χ2v) is 3.52. The lowest BCUT2D eigenvalue weighted by Crippen LogP contribution is -2.16. The molecule has 2 heterocycles. The molecule has 0 saturated heterocycles. The highest BCUT2D eigenvalue weighted by Crippen LogP contribution is 2.12. The lowest BCUT2D eigenvalue weighted by Gasteiger charge is -2.13. The van der Waals surface area contributed by atoms with Crippen LogP contribution in [0.5, 0.6) is 0 Å². The van der Waals surface area contributed by atoms with Crippen LogP contribution in [0.3, 0.4) is 0 Å². The third-order valence-electron chi connectivity index (χ3n) is 2.25. The number of anilines is 1. The van der Waals surface area contributed by atoms with Crippen molar-refractivity contribution >= 4 is 11.5 Å². The zero-order chi connectivity index (χ0) is 10.7. The highest BCUT2D eigenvalue weighted by Gasteiger charge is 2.03. The topological polar surface area (TPSA) is 29.3 Å². The molecule has 3 heteroatoms. The number of fused-ring (bicyclic) bond motifs is 1. The molecular formula is C12H13N3. The van der Waals surface area contributed by atoms with Crippen LogP contribution in [0.25, 0.3) is 5.65 Å². The number of hydrogen-bond donors (Lipinski definition) is 1. The van der Waals surface area contributed by atoms with E-state index in [0.29, 0.717) is 6.42 Å². The van der Waals surface area contributed by atoms with Crippen molar-refractivity contribution < 1.29 is 0 Å². The predicted octanol–water partition coefficient (Wildman–Crippen LogP) is 2.16. The number of terminal acetylenes is 1. The Bertz CT molecular complexity index is 493. The van der Waals surface area contributed by atoms with E-state index in [1.54, 1.807) is 6.20 Å². The molecule has 3 nitrogen and oxygen atoms in total. The Hall–Kier alpha value is -1.95. The van der Waals surface area contributed by atoms with E-state index in [2.05, 4.69) is 23.1 Å². The van der Waals surface area contributed by atoms with Crippen molar-refractivity contribution in [2.24, 2.45) is 0 Å². The first-order valence-electron chi connectivity index (χ1n) is 4.93. The summed E-state index contributed by atoms with van der Waals surface area (Å²) < 4.78 is 2.01.